The smallest absolute Gasteiger partial charge is 0.320 e. The van der Waals surface area contributed by atoms with Crippen LogP contribution >= 0.6 is 31.9 Å². The summed E-state index contributed by atoms with van der Waals surface area (Å²) in [6, 6.07) is 9.78. The van der Waals surface area contributed by atoms with Crippen molar-refractivity contribution < 1.29 is 23.8 Å². The van der Waals surface area contributed by atoms with Gasteiger partial charge in [0.2, 0.25) is 6.29 Å². The highest BCUT2D eigenvalue weighted by Crippen LogP contribution is 2.66. The van der Waals surface area contributed by atoms with E-state index >= 15 is 0 Å². The third kappa shape index (κ3) is 1.73. The number of hydrogen-bond acceptors (Lipinski definition) is 5. The van der Waals surface area contributed by atoms with Crippen LogP contribution in [-0.2, 0) is 29.2 Å². The van der Waals surface area contributed by atoms with Crippen LogP contribution in [0.4, 0.5) is 0 Å². The van der Waals surface area contributed by atoms with Gasteiger partial charge in [-0.2, -0.15) is 0 Å². The van der Waals surface area contributed by atoms with Crippen molar-refractivity contribution in [1.29, 1.82) is 0 Å². The maximum absolute atomic E-state index is 13.1. The van der Waals surface area contributed by atoms with Crippen molar-refractivity contribution in [2.45, 2.75) is 27.8 Å². The lowest BCUT2D eigenvalue weighted by atomic mass is 9.51. The molecule has 0 radical (unpaired) electrons. The zero-order valence-electron chi connectivity index (χ0n) is 12.9. The summed E-state index contributed by atoms with van der Waals surface area (Å²) in [6.07, 6.45) is -0.406. The second kappa shape index (κ2) is 5.54. The molecule has 2 bridgehead atoms. The normalized spacial score (nSPS) is 43.2. The molecule has 0 N–H and O–H groups in total. The zero-order valence-corrected chi connectivity index (χ0v) is 16.1. The molecule has 1 aromatic rings. The summed E-state index contributed by atoms with van der Waals surface area (Å²) in [7, 11) is 1.36. The molecule has 0 spiro atoms. The molecule has 0 amide bonds. The second-order valence-corrected chi connectivity index (χ2v) is 8.58. The lowest BCUT2D eigenvalue weighted by molar-refractivity contribution is -0.221. The fourth-order valence-electron chi connectivity index (χ4n) is 4.59. The number of methoxy groups -OCH3 is 1. The molecule has 4 rings (SSSR count). The Balaban J connectivity index is 2.01. The molecule has 0 aromatic heterocycles. The second-order valence-electron chi connectivity index (χ2n) is 6.49. The van der Waals surface area contributed by atoms with Crippen molar-refractivity contribution in [2.24, 2.45) is 11.3 Å². The molecule has 0 unspecified atom stereocenters. The summed E-state index contributed by atoms with van der Waals surface area (Å²) in [4.78, 5) is 24.9. The van der Waals surface area contributed by atoms with E-state index in [4.69, 9.17) is 14.2 Å². The Morgan fingerprint density at radius 1 is 1.29 bits per heavy atom. The highest BCUT2D eigenvalue weighted by molar-refractivity contribution is 9.10. The summed E-state index contributed by atoms with van der Waals surface area (Å²) >= 11 is 7.41. The van der Waals surface area contributed by atoms with Gasteiger partial charge in [-0.1, -0.05) is 62.2 Å². The predicted octanol–water partition coefficient (Wildman–Crippen LogP) is 2.54. The van der Waals surface area contributed by atoms with Gasteiger partial charge < -0.3 is 14.2 Å². The Kier molecular flexibility index (Phi) is 3.82. The van der Waals surface area contributed by atoms with E-state index in [1.54, 1.807) is 0 Å². The molecular formula is C17H16Br2O5. The first-order valence-electron chi connectivity index (χ1n) is 7.74. The number of rotatable bonds is 2. The molecule has 24 heavy (non-hydrogen) atoms. The Morgan fingerprint density at radius 3 is 2.67 bits per heavy atom. The van der Waals surface area contributed by atoms with Crippen molar-refractivity contribution >= 4 is 43.8 Å². The number of benzene rings is 1. The Bertz CT molecular complexity index is 695. The number of carbonyl (C=O) groups is 2. The van der Waals surface area contributed by atoms with Crippen LogP contribution in [0.15, 0.2) is 30.3 Å². The molecular weight excluding hydrogens is 444 g/mol. The Hall–Kier alpha value is -0.920. The fourth-order valence-corrected chi connectivity index (χ4v) is 7.01. The van der Waals surface area contributed by atoms with E-state index in [-0.39, 0.29) is 17.4 Å². The summed E-state index contributed by atoms with van der Waals surface area (Å²) in [5, 5.41) is 0. The maximum Gasteiger partial charge on any atom is 0.320 e. The first-order valence-corrected chi connectivity index (χ1v) is 9.57. The summed E-state index contributed by atoms with van der Waals surface area (Å²) in [5.74, 6) is -1.19. The van der Waals surface area contributed by atoms with Crippen molar-refractivity contribution in [3.8, 4) is 0 Å². The molecule has 1 saturated carbocycles. The topological polar surface area (TPSA) is 61.8 Å². The first kappa shape index (κ1) is 16.5. The van der Waals surface area contributed by atoms with Crippen LogP contribution in [-0.4, -0.2) is 41.6 Å². The van der Waals surface area contributed by atoms with Crippen molar-refractivity contribution in [3.63, 3.8) is 0 Å². The van der Waals surface area contributed by atoms with Crippen molar-refractivity contribution in [2.75, 3.05) is 13.7 Å². The fraction of sp³-hybridized carbons (Fsp3) is 0.529. The van der Waals surface area contributed by atoms with Crippen molar-refractivity contribution in [3.05, 3.63) is 35.9 Å². The van der Waals surface area contributed by atoms with E-state index in [2.05, 4.69) is 31.9 Å². The van der Waals surface area contributed by atoms with Gasteiger partial charge in [0.15, 0.2) is 5.41 Å². The van der Waals surface area contributed by atoms with E-state index in [0.717, 1.165) is 5.56 Å². The standard InChI is InChI=1S/C17H16Br2O5/c1-22-14(21)17-12(19)10-7-11(18)16(17,9-5-3-2-4-6-9)8-23-15(17)24-13(10)20/h2-6,10-12,15H,7-8H2,1H3/t10-,11+,12-,15-,16-,17-/m0/s1. The quantitative estimate of drug-likeness (QED) is 0.502. The zero-order chi connectivity index (χ0) is 17.1. The maximum atomic E-state index is 13.1. The average Bonchev–Trinajstić information content (AvgIpc) is 2.97. The minimum atomic E-state index is -1.13. The van der Waals surface area contributed by atoms with Gasteiger partial charge >= 0.3 is 11.9 Å². The van der Waals surface area contributed by atoms with Gasteiger partial charge in [-0.15, -0.1) is 0 Å². The average molecular weight is 460 g/mol. The molecule has 3 aliphatic rings. The van der Waals surface area contributed by atoms with Gasteiger partial charge in [-0.25, -0.2) is 0 Å². The van der Waals surface area contributed by atoms with Gasteiger partial charge in [0.1, 0.15) is 0 Å². The monoisotopic (exact) mass is 458 g/mol. The third-order valence-corrected chi connectivity index (χ3v) is 8.21. The number of ether oxygens (including phenoxy) is 3. The van der Waals surface area contributed by atoms with E-state index < -0.39 is 33.8 Å². The van der Waals surface area contributed by atoms with Gasteiger partial charge in [0, 0.05) is 4.83 Å². The van der Waals surface area contributed by atoms with Gasteiger partial charge in [0.25, 0.3) is 0 Å². The largest absolute Gasteiger partial charge is 0.468 e. The van der Waals surface area contributed by atoms with Crippen molar-refractivity contribution in [1.82, 2.24) is 0 Å². The third-order valence-electron chi connectivity index (χ3n) is 5.69. The molecule has 3 fully saturated rings. The highest BCUT2D eigenvalue weighted by Gasteiger charge is 2.79. The number of fused-ring (bicyclic) bond motifs is 1. The summed E-state index contributed by atoms with van der Waals surface area (Å²) < 4.78 is 16.6. The van der Waals surface area contributed by atoms with E-state index in [1.807, 2.05) is 30.3 Å². The number of halogens is 2. The van der Waals surface area contributed by atoms with Gasteiger partial charge in [-0.05, 0) is 12.0 Å². The molecule has 2 heterocycles. The summed E-state index contributed by atoms with van der Waals surface area (Å²) in [5.41, 5.74) is -0.841. The number of alkyl halides is 2. The lowest BCUT2D eigenvalue weighted by Gasteiger charge is -2.56. The van der Waals surface area contributed by atoms with Crippen LogP contribution in [0.1, 0.15) is 12.0 Å². The minimum Gasteiger partial charge on any atom is -0.468 e. The highest BCUT2D eigenvalue weighted by atomic mass is 79.9. The Morgan fingerprint density at radius 2 is 2.00 bits per heavy atom. The number of esters is 2. The predicted molar refractivity (Wildman–Crippen MR) is 91.9 cm³/mol. The number of carbonyl (C=O) groups excluding carboxylic acids is 2. The van der Waals surface area contributed by atoms with Crippen LogP contribution in [0.25, 0.3) is 0 Å². The van der Waals surface area contributed by atoms with Crippen LogP contribution in [0.5, 0.6) is 0 Å². The van der Waals surface area contributed by atoms with Crippen LogP contribution < -0.4 is 0 Å². The van der Waals surface area contributed by atoms with E-state index in [9.17, 15) is 9.59 Å². The molecule has 128 valence electrons. The van der Waals surface area contributed by atoms with Crippen LogP contribution in [0.3, 0.4) is 0 Å². The molecule has 2 aliphatic heterocycles. The van der Waals surface area contributed by atoms with Gasteiger partial charge in [0.05, 0.1) is 29.9 Å². The molecule has 1 aliphatic carbocycles. The lowest BCUT2D eigenvalue weighted by Crippen LogP contribution is -2.71. The Labute approximate surface area is 156 Å². The molecule has 1 aromatic carbocycles. The van der Waals surface area contributed by atoms with Crippen LogP contribution in [0.2, 0.25) is 0 Å². The first-order chi connectivity index (χ1) is 11.5. The van der Waals surface area contributed by atoms with Crippen LogP contribution in [0, 0.1) is 11.3 Å². The minimum absolute atomic E-state index is 0.122. The van der Waals surface area contributed by atoms with E-state index in [1.165, 1.54) is 7.11 Å². The number of hydrogen-bond donors (Lipinski definition) is 0. The molecule has 5 nitrogen and oxygen atoms in total. The van der Waals surface area contributed by atoms with E-state index in [0.29, 0.717) is 6.42 Å². The molecule has 7 heteroatoms. The summed E-state index contributed by atoms with van der Waals surface area (Å²) in [6.45, 7) is 0.273. The SMILES string of the molecule is COC(=O)[C@@]12[C@H]3OC[C@]1(c1ccccc1)[C@H](Br)C[C@H](C(=O)O3)[C@@H]2Br. The van der Waals surface area contributed by atoms with Gasteiger partial charge in [-0.3, -0.25) is 9.59 Å². The molecule has 2 saturated heterocycles. The molecule has 6 atom stereocenters.